The zero-order valence-corrected chi connectivity index (χ0v) is 8.46. The van der Waals surface area contributed by atoms with Crippen LogP contribution in [0.5, 0.6) is 0 Å². The van der Waals surface area contributed by atoms with Gasteiger partial charge in [-0.15, -0.1) is 5.10 Å². The molecular formula is C9H15N3S. The van der Waals surface area contributed by atoms with Gasteiger partial charge in [0.25, 0.3) is 0 Å². The molecule has 4 heteroatoms. The molecule has 2 rings (SSSR count). The molecule has 1 fully saturated rings. The number of hydrogen-bond donors (Lipinski definition) is 1. The molecule has 0 amide bonds. The van der Waals surface area contributed by atoms with Crippen molar-refractivity contribution in [2.45, 2.75) is 38.1 Å². The maximum absolute atomic E-state index is 6.14. The van der Waals surface area contributed by atoms with E-state index in [1.807, 2.05) is 6.20 Å². The smallest absolute Gasteiger partial charge is 0.0669 e. The first-order chi connectivity index (χ1) is 6.38. The summed E-state index contributed by atoms with van der Waals surface area (Å²) in [6.07, 6.45) is 8.42. The van der Waals surface area contributed by atoms with E-state index in [1.54, 1.807) is 0 Å². The number of aromatic nitrogens is 2. The summed E-state index contributed by atoms with van der Waals surface area (Å²) in [5.41, 5.74) is 6.14. The quantitative estimate of drug-likeness (QED) is 0.790. The highest BCUT2D eigenvalue weighted by Crippen LogP contribution is 2.33. The molecule has 1 aliphatic rings. The lowest BCUT2D eigenvalue weighted by Gasteiger charge is -2.26. The first kappa shape index (κ1) is 9.09. The summed E-state index contributed by atoms with van der Waals surface area (Å²) in [4.78, 5) is 1.15. The lowest BCUT2D eigenvalue weighted by atomic mass is 9.84. The molecule has 1 saturated carbocycles. The number of hydrogen-bond acceptors (Lipinski definition) is 4. The van der Waals surface area contributed by atoms with Gasteiger partial charge >= 0.3 is 0 Å². The topological polar surface area (TPSA) is 51.8 Å². The van der Waals surface area contributed by atoms with Gasteiger partial charge in [-0.2, -0.15) is 0 Å². The van der Waals surface area contributed by atoms with Crippen molar-refractivity contribution >= 4 is 11.5 Å². The summed E-state index contributed by atoms with van der Waals surface area (Å²) in [5, 5.41) is 3.83. The van der Waals surface area contributed by atoms with Gasteiger partial charge in [-0.3, -0.25) is 0 Å². The molecule has 0 radical (unpaired) electrons. The monoisotopic (exact) mass is 197 g/mol. The minimum Gasteiger partial charge on any atom is -0.323 e. The number of rotatable bonds is 2. The van der Waals surface area contributed by atoms with Crippen LogP contribution in [0.4, 0.5) is 0 Å². The van der Waals surface area contributed by atoms with Crippen LogP contribution < -0.4 is 5.73 Å². The molecule has 1 aliphatic carbocycles. The normalized spacial score (nSPS) is 21.6. The summed E-state index contributed by atoms with van der Waals surface area (Å²) >= 11 is 1.44. The molecule has 0 spiro atoms. The van der Waals surface area contributed by atoms with Gasteiger partial charge in [0.1, 0.15) is 0 Å². The largest absolute Gasteiger partial charge is 0.323 e. The van der Waals surface area contributed by atoms with Gasteiger partial charge in [-0.05, 0) is 30.3 Å². The predicted octanol–water partition coefficient (Wildman–Crippen LogP) is 2.12. The second-order valence-corrected chi connectivity index (χ2v) is 4.56. The van der Waals surface area contributed by atoms with Gasteiger partial charge in [0.05, 0.1) is 11.1 Å². The van der Waals surface area contributed by atoms with Crippen molar-refractivity contribution < 1.29 is 0 Å². The highest BCUT2D eigenvalue weighted by atomic mass is 32.1. The fraction of sp³-hybridized carbons (Fsp3) is 0.778. The van der Waals surface area contributed by atoms with E-state index in [-0.39, 0.29) is 6.04 Å². The molecule has 1 heterocycles. The van der Waals surface area contributed by atoms with Crippen molar-refractivity contribution in [1.29, 1.82) is 0 Å². The maximum Gasteiger partial charge on any atom is 0.0669 e. The van der Waals surface area contributed by atoms with Crippen molar-refractivity contribution in [3.63, 3.8) is 0 Å². The minimum absolute atomic E-state index is 0.181. The highest BCUT2D eigenvalue weighted by molar-refractivity contribution is 7.05. The maximum atomic E-state index is 6.14. The molecule has 72 valence electrons. The van der Waals surface area contributed by atoms with Crippen LogP contribution in [0.2, 0.25) is 0 Å². The van der Waals surface area contributed by atoms with E-state index in [0.29, 0.717) is 5.92 Å². The van der Waals surface area contributed by atoms with Crippen molar-refractivity contribution in [2.24, 2.45) is 11.7 Å². The molecule has 1 aromatic rings. The predicted molar refractivity (Wildman–Crippen MR) is 53.4 cm³/mol. The highest BCUT2D eigenvalue weighted by Gasteiger charge is 2.22. The van der Waals surface area contributed by atoms with Crippen LogP contribution >= 0.6 is 11.5 Å². The molecule has 13 heavy (non-hydrogen) atoms. The molecule has 0 aliphatic heterocycles. The zero-order chi connectivity index (χ0) is 9.10. The third kappa shape index (κ3) is 2.06. The molecule has 1 aromatic heterocycles. The van der Waals surface area contributed by atoms with Crippen LogP contribution in [0, 0.1) is 5.92 Å². The van der Waals surface area contributed by atoms with Crippen LogP contribution in [0.1, 0.15) is 43.0 Å². The molecule has 0 aromatic carbocycles. The van der Waals surface area contributed by atoms with E-state index in [4.69, 9.17) is 5.73 Å². The van der Waals surface area contributed by atoms with Crippen molar-refractivity contribution in [1.82, 2.24) is 9.59 Å². The van der Waals surface area contributed by atoms with Crippen LogP contribution in [0.25, 0.3) is 0 Å². The SMILES string of the molecule is NC(c1cnns1)C1CCCCC1. The number of nitrogens with zero attached hydrogens (tertiary/aromatic N) is 2. The first-order valence-corrected chi connectivity index (χ1v) is 5.68. The van der Waals surface area contributed by atoms with E-state index < -0.39 is 0 Å². The standard InChI is InChI=1S/C9H15N3S/c10-9(8-6-11-12-13-8)7-4-2-1-3-5-7/h6-7,9H,1-5,10H2. The fourth-order valence-corrected chi connectivity index (χ4v) is 2.64. The van der Waals surface area contributed by atoms with Crippen LogP contribution in [0.15, 0.2) is 6.20 Å². The summed E-state index contributed by atoms with van der Waals surface area (Å²) in [7, 11) is 0. The Kier molecular flexibility index (Phi) is 2.90. The Hall–Kier alpha value is -0.480. The second-order valence-electron chi connectivity index (χ2n) is 3.74. The summed E-state index contributed by atoms with van der Waals surface area (Å²) in [5.74, 6) is 0.663. The van der Waals surface area contributed by atoms with Gasteiger partial charge < -0.3 is 5.73 Å². The van der Waals surface area contributed by atoms with E-state index in [0.717, 1.165) is 4.88 Å². The minimum atomic E-state index is 0.181. The Morgan fingerprint density at radius 2 is 2.15 bits per heavy atom. The molecule has 1 unspecified atom stereocenters. The second kappa shape index (κ2) is 4.15. The first-order valence-electron chi connectivity index (χ1n) is 4.91. The molecule has 0 bridgehead atoms. The van der Waals surface area contributed by atoms with Crippen LogP contribution in [0.3, 0.4) is 0 Å². The molecule has 2 N–H and O–H groups in total. The third-order valence-electron chi connectivity index (χ3n) is 2.86. The average molecular weight is 197 g/mol. The Morgan fingerprint density at radius 1 is 1.38 bits per heavy atom. The van der Waals surface area contributed by atoms with Gasteiger partial charge in [-0.1, -0.05) is 23.8 Å². The van der Waals surface area contributed by atoms with Gasteiger partial charge in [-0.25, -0.2) is 0 Å². The third-order valence-corrected chi connectivity index (χ3v) is 3.63. The van der Waals surface area contributed by atoms with E-state index in [1.165, 1.54) is 43.6 Å². The number of nitrogens with two attached hydrogens (primary N) is 1. The van der Waals surface area contributed by atoms with E-state index in [9.17, 15) is 0 Å². The molecular weight excluding hydrogens is 182 g/mol. The lowest BCUT2D eigenvalue weighted by Crippen LogP contribution is -2.22. The summed E-state index contributed by atoms with van der Waals surface area (Å²) in [6.45, 7) is 0. The zero-order valence-electron chi connectivity index (χ0n) is 7.65. The van der Waals surface area contributed by atoms with E-state index in [2.05, 4.69) is 9.59 Å². The molecule has 1 atom stereocenters. The van der Waals surface area contributed by atoms with E-state index >= 15 is 0 Å². The van der Waals surface area contributed by atoms with Crippen molar-refractivity contribution in [3.05, 3.63) is 11.1 Å². The summed E-state index contributed by atoms with van der Waals surface area (Å²) < 4.78 is 3.85. The van der Waals surface area contributed by atoms with Gasteiger partial charge in [0.2, 0.25) is 0 Å². The Balaban J connectivity index is 1.99. The Bertz CT molecular complexity index is 241. The fourth-order valence-electron chi connectivity index (χ4n) is 2.05. The summed E-state index contributed by atoms with van der Waals surface area (Å²) in [6, 6.07) is 0.181. The molecule has 0 saturated heterocycles. The lowest BCUT2D eigenvalue weighted by molar-refractivity contribution is 0.310. The Morgan fingerprint density at radius 3 is 2.77 bits per heavy atom. The van der Waals surface area contributed by atoms with Crippen LogP contribution in [-0.2, 0) is 0 Å². The van der Waals surface area contributed by atoms with Gasteiger partial charge in [0.15, 0.2) is 0 Å². The van der Waals surface area contributed by atoms with Crippen LogP contribution in [-0.4, -0.2) is 9.59 Å². The molecule has 3 nitrogen and oxygen atoms in total. The van der Waals surface area contributed by atoms with Crippen molar-refractivity contribution in [2.75, 3.05) is 0 Å². The Labute approximate surface area is 82.5 Å². The van der Waals surface area contributed by atoms with Gasteiger partial charge in [0, 0.05) is 6.04 Å². The average Bonchev–Trinajstić information content (AvgIpc) is 2.71. The van der Waals surface area contributed by atoms with Crippen molar-refractivity contribution in [3.8, 4) is 0 Å².